The van der Waals surface area contributed by atoms with Crippen molar-refractivity contribution in [3.8, 4) is 0 Å². The molecule has 0 fully saturated rings. The van der Waals surface area contributed by atoms with Crippen LogP contribution < -0.4 is 16.0 Å². The average molecular weight is 481 g/mol. The van der Waals surface area contributed by atoms with Gasteiger partial charge in [0.15, 0.2) is 5.13 Å². The maximum atomic E-state index is 12.5. The van der Waals surface area contributed by atoms with Crippen molar-refractivity contribution in [2.24, 2.45) is 5.73 Å². The standard InChI is InChI=1S/C25H28N4O4S/c1-4-18-9-11-20(12-10-18)29(17(3)30)25-27-19(15-34-25)14-33-23(31)13-22(28-24(26)32)21-8-6-5-7-16(21)2/h5-12,15,22H,4,13-14H2,1-3H3,(H3,26,28,32). The summed E-state index contributed by atoms with van der Waals surface area (Å²) >= 11 is 1.29. The summed E-state index contributed by atoms with van der Waals surface area (Å²) in [4.78, 5) is 42.3. The number of nitrogens with two attached hydrogens (primary N) is 1. The number of carbonyl (C=O) groups is 3. The largest absolute Gasteiger partial charge is 0.459 e. The molecule has 2 aromatic carbocycles. The monoisotopic (exact) mass is 480 g/mol. The molecule has 1 aromatic heterocycles. The summed E-state index contributed by atoms with van der Waals surface area (Å²) in [5.41, 5.74) is 9.44. The summed E-state index contributed by atoms with van der Waals surface area (Å²) in [6.07, 6.45) is 0.834. The van der Waals surface area contributed by atoms with Crippen molar-refractivity contribution < 1.29 is 19.1 Å². The van der Waals surface area contributed by atoms with E-state index in [9.17, 15) is 14.4 Å². The molecule has 178 valence electrons. The van der Waals surface area contributed by atoms with Gasteiger partial charge in [0.05, 0.1) is 23.8 Å². The summed E-state index contributed by atoms with van der Waals surface area (Å²) in [7, 11) is 0. The number of urea groups is 1. The van der Waals surface area contributed by atoms with Crippen LogP contribution in [0.15, 0.2) is 53.9 Å². The van der Waals surface area contributed by atoms with Crippen molar-refractivity contribution in [1.29, 1.82) is 0 Å². The lowest BCUT2D eigenvalue weighted by Crippen LogP contribution is -2.35. The number of hydrogen-bond acceptors (Lipinski definition) is 6. The fourth-order valence-corrected chi connectivity index (χ4v) is 4.41. The molecular formula is C25H28N4O4S. The number of nitrogens with one attached hydrogen (secondary N) is 1. The Hall–Kier alpha value is -3.72. The first-order valence-electron chi connectivity index (χ1n) is 10.9. The van der Waals surface area contributed by atoms with Gasteiger partial charge in [-0.3, -0.25) is 14.5 Å². The van der Waals surface area contributed by atoms with Crippen molar-refractivity contribution in [3.05, 3.63) is 76.3 Å². The van der Waals surface area contributed by atoms with Gasteiger partial charge in [0.1, 0.15) is 6.61 Å². The van der Waals surface area contributed by atoms with Crippen LogP contribution in [0.2, 0.25) is 0 Å². The SMILES string of the molecule is CCc1ccc(N(C(C)=O)c2nc(COC(=O)CC(NC(N)=O)c3ccccc3C)cs2)cc1. The molecular weight excluding hydrogens is 452 g/mol. The number of carbonyl (C=O) groups excluding carboxylic acids is 3. The molecule has 0 saturated heterocycles. The Bertz CT molecular complexity index is 1160. The maximum absolute atomic E-state index is 12.5. The predicted octanol–water partition coefficient (Wildman–Crippen LogP) is 4.54. The molecule has 0 aliphatic heterocycles. The molecule has 0 bridgehead atoms. The highest BCUT2D eigenvalue weighted by molar-refractivity contribution is 7.14. The smallest absolute Gasteiger partial charge is 0.312 e. The quantitative estimate of drug-likeness (QED) is 0.436. The third kappa shape index (κ3) is 6.41. The van der Waals surface area contributed by atoms with E-state index < -0.39 is 18.0 Å². The lowest BCUT2D eigenvalue weighted by atomic mass is 9.99. The van der Waals surface area contributed by atoms with Gasteiger partial charge in [-0.2, -0.15) is 0 Å². The van der Waals surface area contributed by atoms with E-state index in [1.165, 1.54) is 28.7 Å². The number of esters is 1. The van der Waals surface area contributed by atoms with Crippen LogP contribution in [0.5, 0.6) is 0 Å². The van der Waals surface area contributed by atoms with Crippen molar-refractivity contribution in [2.45, 2.75) is 46.3 Å². The van der Waals surface area contributed by atoms with Gasteiger partial charge in [-0.25, -0.2) is 9.78 Å². The Morgan fingerprint density at radius 3 is 2.47 bits per heavy atom. The Morgan fingerprint density at radius 1 is 1.15 bits per heavy atom. The first-order chi connectivity index (χ1) is 16.3. The van der Waals surface area contributed by atoms with Crippen LogP contribution in [0, 0.1) is 6.92 Å². The highest BCUT2D eigenvalue weighted by Gasteiger charge is 2.21. The molecule has 8 nitrogen and oxygen atoms in total. The van der Waals surface area contributed by atoms with E-state index in [4.69, 9.17) is 10.5 Å². The first kappa shape index (κ1) is 24.9. The number of aromatic nitrogens is 1. The third-order valence-corrected chi connectivity index (χ3v) is 6.16. The number of amides is 3. The van der Waals surface area contributed by atoms with Gasteiger partial charge in [0.25, 0.3) is 0 Å². The third-order valence-electron chi connectivity index (χ3n) is 5.28. The van der Waals surface area contributed by atoms with Crippen molar-refractivity contribution >= 4 is 40.1 Å². The Morgan fingerprint density at radius 2 is 1.85 bits per heavy atom. The van der Waals surface area contributed by atoms with Crippen molar-refractivity contribution in [2.75, 3.05) is 4.90 Å². The number of benzene rings is 2. The number of thiazole rings is 1. The lowest BCUT2D eigenvalue weighted by Gasteiger charge is -2.19. The summed E-state index contributed by atoms with van der Waals surface area (Å²) in [6.45, 7) is 5.39. The van der Waals surface area contributed by atoms with Gasteiger partial charge >= 0.3 is 12.0 Å². The van der Waals surface area contributed by atoms with E-state index in [0.717, 1.165) is 23.2 Å². The fraction of sp³-hybridized carbons (Fsp3) is 0.280. The van der Waals surface area contributed by atoms with Crippen LogP contribution in [-0.4, -0.2) is 22.9 Å². The fourth-order valence-electron chi connectivity index (χ4n) is 3.54. The molecule has 1 unspecified atom stereocenters. The van der Waals surface area contributed by atoms with Gasteiger partial charge < -0.3 is 15.8 Å². The first-order valence-corrected chi connectivity index (χ1v) is 11.8. The molecule has 0 saturated carbocycles. The van der Waals surface area contributed by atoms with Gasteiger partial charge in [-0.1, -0.05) is 43.3 Å². The number of aryl methyl sites for hydroxylation is 2. The van der Waals surface area contributed by atoms with Crippen LogP contribution in [-0.2, 0) is 27.4 Å². The zero-order valence-electron chi connectivity index (χ0n) is 19.4. The highest BCUT2D eigenvalue weighted by Crippen LogP contribution is 2.29. The molecule has 34 heavy (non-hydrogen) atoms. The van der Waals surface area contributed by atoms with Crippen LogP contribution in [0.1, 0.15) is 48.7 Å². The van der Waals surface area contributed by atoms with Crippen LogP contribution in [0.4, 0.5) is 15.6 Å². The highest BCUT2D eigenvalue weighted by atomic mass is 32.1. The minimum Gasteiger partial charge on any atom is -0.459 e. The van der Waals surface area contributed by atoms with Gasteiger partial charge in [0.2, 0.25) is 5.91 Å². The number of anilines is 2. The number of rotatable bonds is 9. The molecule has 1 heterocycles. The maximum Gasteiger partial charge on any atom is 0.312 e. The van der Waals surface area contributed by atoms with E-state index in [1.807, 2.05) is 55.5 Å². The summed E-state index contributed by atoms with van der Waals surface area (Å²) in [5, 5.41) is 4.85. The normalized spacial score (nSPS) is 11.5. The zero-order valence-corrected chi connectivity index (χ0v) is 20.2. The minimum atomic E-state index is -0.721. The van der Waals surface area contributed by atoms with Crippen molar-refractivity contribution in [3.63, 3.8) is 0 Å². The van der Waals surface area contributed by atoms with Gasteiger partial charge in [0, 0.05) is 12.3 Å². The molecule has 3 amide bonds. The Balaban J connectivity index is 1.66. The molecule has 9 heteroatoms. The minimum absolute atomic E-state index is 0.0487. The van der Waals surface area contributed by atoms with Crippen molar-refractivity contribution in [1.82, 2.24) is 10.3 Å². The van der Waals surface area contributed by atoms with Gasteiger partial charge in [-0.05, 0) is 42.2 Å². The number of primary amides is 1. The summed E-state index contributed by atoms with van der Waals surface area (Å²) in [6, 6.07) is 13.8. The number of ether oxygens (including phenoxy) is 1. The number of hydrogen-bond donors (Lipinski definition) is 2. The Kier molecular flexibility index (Phi) is 8.37. The molecule has 3 aromatic rings. The lowest BCUT2D eigenvalue weighted by molar-refractivity contribution is -0.145. The topological polar surface area (TPSA) is 115 Å². The van der Waals surface area contributed by atoms with Crippen LogP contribution >= 0.6 is 11.3 Å². The van der Waals surface area contributed by atoms with E-state index in [0.29, 0.717) is 10.8 Å². The second-order valence-electron chi connectivity index (χ2n) is 7.78. The molecule has 0 aliphatic rings. The molecule has 3 rings (SSSR count). The van der Waals surface area contributed by atoms with E-state index >= 15 is 0 Å². The van der Waals surface area contributed by atoms with E-state index in [2.05, 4.69) is 17.2 Å². The average Bonchev–Trinajstić information content (AvgIpc) is 3.26. The molecule has 3 N–H and O–H groups in total. The second kappa shape index (κ2) is 11.4. The Labute approximate surface area is 202 Å². The van der Waals surface area contributed by atoms with Crippen LogP contribution in [0.3, 0.4) is 0 Å². The molecule has 0 radical (unpaired) electrons. The second-order valence-corrected chi connectivity index (χ2v) is 8.61. The molecule has 0 aliphatic carbocycles. The number of nitrogens with zero attached hydrogens (tertiary/aromatic N) is 2. The van der Waals surface area contributed by atoms with Crippen LogP contribution in [0.25, 0.3) is 0 Å². The van der Waals surface area contributed by atoms with Gasteiger partial charge in [-0.15, -0.1) is 11.3 Å². The van der Waals surface area contributed by atoms with E-state index in [1.54, 1.807) is 5.38 Å². The molecule has 0 spiro atoms. The van der Waals surface area contributed by atoms with E-state index in [-0.39, 0.29) is 18.9 Å². The predicted molar refractivity (Wildman–Crippen MR) is 132 cm³/mol. The summed E-state index contributed by atoms with van der Waals surface area (Å²) in [5.74, 6) is -0.670. The molecule has 1 atom stereocenters. The summed E-state index contributed by atoms with van der Waals surface area (Å²) < 4.78 is 5.40. The zero-order chi connectivity index (χ0) is 24.7.